The summed E-state index contributed by atoms with van der Waals surface area (Å²) >= 11 is 0. The summed E-state index contributed by atoms with van der Waals surface area (Å²) in [6.45, 7) is 4.55. The van der Waals surface area contributed by atoms with Gasteiger partial charge in [0.15, 0.2) is 0 Å². The number of rotatable bonds is 24. The summed E-state index contributed by atoms with van der Waals surface area (Å²) in [5.74, 6) is 2.99. The fourth-order valence-electron chi connectivity index (χ4n) is 5.49. The van der Waals surface area contributed by atoms with E-state index in [1.807, 2.05) is 104 Å². The van der Waals surface area contributed by atoms with E-state index >= 15 is 0 Å². The van der Waals surface area contributed by atoms with Crippen LogP contribution >= 0.6 is 0 Å². The fraction of sp³-hybridized carbons (Fsp3) is 0.395. The molecule has 0 aliphatic heterocycles. The Bertz CT molecular complexity index is 1480. The van der Waals surface area contributed by atoms with Gasteiger partial charge in [-0.05, 0) is 77.8 Å². The van der Waals surface area contributed by atoms with Gasteiger partial charge in [0, 0.05) is 39.3 Å². The Balaban J connectivity index is 1.11. The molecule has 0 unspecified atom stereocenters. The molecule has 0 bridgehead atoms. The third-order valence-corrected chi connectivity index (χ3v) is 8.79. The minimum atomic E-state index is -0.428. The standard InChI is InChI=1S/C43H55N3O10/c1-44(22-24-53-26-28-55-42(47)45(30-34-6-14-38(49-2)15-7-34)31-35-8-16-39(50-3)17-9-35)23-25-54-27-29-56-43(48)46(32-36-10-18-40(51-4)19-11-36)33-37-12-20-41(52-5)21-13-37/h6-21H,22-33H2,1-5H3. The van der Waals surface area contributed by atoms with Crippen molar-refractivity contribution in [3.05, 3.63) is 119 Å². The summed E-state index contributed by atoms with van der Waals surface area (Å²) in [5.41, 5.74) is 3.81. The van der Waals surface area contributed by atoms with Gasteiger partial charge in [0.05, 0.1) is 54.9 Å². The van der Waals surface area contributed by atoms with Crippen LogP contribution in [0.2, 0.25) is 0 Å². The number of methoxy groups -OCH3 is 4. The first-order chi connectivity index (χ1) is 27.3. The van der Waals surface area contributed by atoms with Crippen LogP contribution in [-0.2, 0) is 45.1 Å². The number of hydrogen-bond donors (Lipinski definition) is 0. The summed E-state index contributed by atoms with van der Waals surface area (Å²) in [5, 5.41) is 0. The van der Waals surface area contributed by atoms with Crippen LogP contribution in [-0.4, -0.2) is 115 Å². The van der Waals surface area contributed by atoms with Crippen LogP contribution in [0, 0.1) is 0 Å². The van der Waals surface area contributed by atoms with E-state index in [4.69, 9.17) is 37.9 Å². The molecule has 302 valence electrons. The molecule has 0 N–H and O–H groups in total. The van der Waals surface area contributed by atoms with Gasteiger partial charge in [-0.1, -0.05) is 48.5 Å². The number of ether oxygens (including phenoxy) is 8. The largest absolute Gasteiger partial charge is 0.497 e. The summed E-state index contributed by atoms with van der Waals surface area (Å²) in [4.78, 5) is 31.6. The van der Waals surface area contributed by atoms with Crippen molar-refractivity contribution in [1.29, 1.82) is 0 Å². The zero-order valence-corrected chi connectivity index (χ0v) is 33.1. The van der Waals surface area contributed by atoms with Gasteiger partial charge in [-0.2, -0.15) is 0 Å². The maximum absolute atomic E-state index is 13.1. The lowest BCUT2D eigenvalue weighted by Gasteiger charge is -2.23. The van der Waals surface area contributed by atoms with Gasteiger partial charge in [0.2, 0.25) is 0 Å². The van der Waals surface area contributed by atoms with Crippen LogP contribution in [0.4, 0.5) is 9.59 Å². The van der Waals surface area contributed by atoms with Crippen molar-refractivity contribution in [2.75, 3.05) is 88.2 Å². The van der Waals surface area contributed by atoms with Gasteiger partial charge in [0.25, 0.3) is 0 Å². The second kappa shape index (κ2) is 24.1. The van der Waals surface area contributed by atoms with Crippen molar-refractivity contribution < 1.29 is 47.5 Å². The first kappa shape index (κ1) is 43.2. The summed E-state index contributed by atoms with van der Waals surface area (Å²) in [7, 11) is 8.44. The smallest absolute Gasteiger partial charge is 0.410 e. The lowest BCUT2D eigenvalue weighted by Crippen LogP contribution is -2.32. The van der Waals surface area contributed by atoms with E-state index in [1.54, 1.807) is 38.2 Å². The molecule has 2 amide bonds. The van der Waals surface area contributed by atoms with Gasteiger partial charge in [-0.3, -0.25) is 9.80 Å². The molecule has 13 nitrogen and oxygen atoms in total. The van der Waals surface area contributed by atoms with Crippen LogP contribution in [0.15, 0.2) is 97.1 Å². The third kappa shape index (κ3) is 15.3. The van der Waals surface area contributed by atoms with E-state index in [1.165, 1.54) is 0 Å². The number of nitrogens with zero attached hydrogens (tertiary/aromatic N) is 3. The molecule has 0 fully saturated rings. The van der Waals surface area contributed by atoms with E-state index in [0.717, 1.165) is 45.3 Å². The lowest BCUT2D eigenvalue weighted by molar-refractivity contribution is 0.0350. The SMILES string of the molecule is COc1ccc(CN(Cc2ccc(OC)cc2)C(=O)OCCOCCN(C)CCOCCOC(=O)N(Cc2ccc(OC)cc2)Cc2ccc(OC)cc2)cc1. The molecule has 0 aliphatic rings. The quantitative estimate of drug-likeness (QED) is 0.0712. The molecule has 4 aromatic rings. The number of carbonyl (C=O) groups excluding carboxylic acids is 2. The molecule has 0 aliphatic carbocycles. The number of carbonyl (C=O) groups is 2. The Morgan fingerprint density at radius 2 is 0.679 bits per heavy atom. The third-order valence-electron chi connectivity index (χ3n) is 8.79. The lowest BCUT2D eigenvalue weighted by atomic mass is 10.1. The zero-order chi connectivity index (χ0) is 40.0. The second-order valence-corrected chi connectivity index (χ2v) is 12.9. The van der Waals surface area contributed by atoms with Gasteiger partial charge >= 0.3 is 12.2 Å². The number of likely N-dealkylation sites (N-methyl/N-ethyl adjacent to an activating group) is 1. The Morgan fingerprint density at radius 1 is 0.411 bits per heavy atom. The molecule has 4 rings (SSSR count). The fourth-order valence-corrected chi connectivity index (χ4v) is 5.49. The van der Waals surface area contributed by atoms with Crippen LogP contribution < -0.4 is 18.9 Å². The van der Waals surface area contributed by atoms with Crippen LogP contribution in [0.3, 0.4) is 0 Å². The minimum Gasteiger partial charge on any atom is -0.497 e. The highest BCUT2D eigenvalue weighted by atomic mass is 16.6. The van der Waals surface area contributed by atoms with Gasteiger partial charge in [-0.15, -0.1) is 0 Å². The van der Waals surface area contributed by atoms with Crippen molar-refractivity contribution >= 4 is 12.2 Å². The molecule has 0 saturated carbocycles. The molecular formula is C43H55N3O10. The predicted octanol–water partition coefficient (Wildman–Crippen LogP) is 6.66. The maximum atomic E-state index is 13.1. The first-order valence-electron chi connectivity index (χ1n) is 18.5. The normalized spacial score (nSPS) is 10.8. The molecule has 0 aromatic heterocycles. The van der Waals surface area contributed by atoms with Crippen LogP contribution in [0.25, 0.3) is 0 Å². The highest BCUT2D eigenvalue weighted by molar-refractivity contribution is 5.68. The number of benzene rings is 4. The van der Waals surface area contributed by atoms with Gasteiger partial charge in [-0.25, -0.2) is 9.59 Å². The Labute approximate surface area is 330 Å². The van der Waals surface area contributed by atoms with Gasteiger partial charge in [0.1, 0.15) is 36.2 Å². The summed E-state index contributed by atoms with van der Waals surface area (Å²) in [6.07, 6.45) is -0.857. The van der Waals surface area contributed by atoms with E-state index in [-0.39, 0.29) is 26.4 Å². The molecule has 0 spiro atoms. The summed E-state index contributed by atoms with van der Waals surface area (Å²) < 4.78 is 43.7. The molecule has 0 radical (unpaired) electrons. The molecule has 0 saturated heterocycles. The summed E-state index contributed by atoms with van der Waals surface area (Å²) in [6, 6.07) is 30.4. The zero-order valence-electron chi connectivity index (χ0n) is 33.1. The van der Waals surface area contributed by atoms with Crippen molar-refractivity contribution in [3.63, 3.8) is 0 Å². The Morgan fingerprint density at radius 3 is 0.929 bits per heavy atom. The molecule has 4 aromatic carbocycles. The average Bonchev–Trinajstić information content (AvgIpc) is 3.23. The average molecular weight is 774 g/mol. The molecule has 13 heteroatoms. The van der Waals surface area contributed by atoms with Crippen molar-refractivity contribution in [2.45, 2.75) is 26.2 Å². The predicted molar refractivity (Wildman–Crippen MR) is 212 cm³/mol. The van der Waals surface area contributed by atoms with E-state index in [0.29, 0.717) is 52.5 Å². The van der Waals surface area contributed by atoms with E-state index in [9.17, 15) is 9.59 Å². The topological polar surface area (TPSA) is 118 Å². The molecular weight excluding hydrogens is 718 g/mol. The molecule has 0 atom stereocenters. The van der Waals surface area contributed by atoms with E-state index < -0.39 is 12.2 Å². The van der Waals surface area contributed by atoms with Crippen molar-refractivity contribution in [1.82, 2.24) is 14.7 Å². The monoisotopic (exact) mass is 773 g/mol. The number of amides is 2. The van der Waals surface area contributed by atoms with E-state index in [2.05, 4.69) is 4.90 Å². The van der Waals surface area contributed by atoms with Crippen molar-refractivity contribution in [2.24, 2.45) is 0 Å². The first-order valence-corrected chi connectivity index (χ1v) is 18.5. The van der Waals surface area contributed by atoms with Gasteiger partial charge < -0.3 is 42.8 Å². The second-order valence-electron chi connectivity index (χ2n) is 12.9. The highest BCUT2D eigenvalue weighted by Crippen LogP contribution is 2.19. The Kier molecular flexibility index (Phi) is 18.6. The Hall–Kier alpha value is -5.50. The van der Waals surface area contributed by atoms with Crippen molar-refractivity contribution in [3.8, 4) is 23.0 Å². The van der Waals surface area contributed by atoms with Crippen LogP contribution in [0.5, 0.6) is 23.0 Å². The highest BCUT2D eigenvalue weighted by Gasteiger charge is 2.18. The minimum absolute atomic E-state index is 0.129. The maximum Gasteiger partial charge on any atom is 0.410 e. The number of hydrogen-bond acceptors (Lipinski definition) is 11. The van der Waals surface area contributed by atoms with Crippen LogP contribution in [0.1, 0.15) is 22.3 Å². The molecule has 0 heterocycles. The molecule has 56 heavy (non-hydrogen) atoms.